The van der Waals surface area contributed by atoms with Crippen LogP contribution in [0.25, 0.3) is 5.82 Å². The number of aromatic nitrogens is 4. The molecule has 0 aromatic carbocycles. The summed E-state index contributed by atoms with van der Waals surface area (Å²) in [5, 5.41) is 6.95. The number of hydrogen-bond acceptors (Lipinski definition) is 4. The zero-order valence-electron chi connectivity index (χ0n) is 15.2. The van der Waals surface area contributed by atoms with E-state index < -0.39 is 11.7 Å². The van der Waals surface area contributed by atoms with Crippen LogP contribution in [-0.2, 0) is 12.7 Å². The molecule has 146 valence electrons. The standard InChI is InChI=1S/C19H18F3N5O/c1-12(2)17-15(18(28)25-10-14-5-3-4-8-23-14)11-26-27(17)16-7-6-13(9-24-16)19(20,21)22/h3-9,11-12H,10H2,1-2H3,(H,25,28). The zero-order chi connectivity index (χ0) is 20.3. The Kier molecular flexibility index (Phi) is 5.43. The number of carbonyl (C=O) groups is 1. The number of nitrogens with zero attached hydrogens (tertiary/aromatic N) is 4. The second kappa shape index (κ2) is 7.79. The number of carbonyl (C=O) groups excluding carboxylic acids is 1. The molecule has 0 aliphatic heterocycles. The van der Waals surface area contributed by atoms with E-state index in [4.69, 9.17) is 0 Å². The van der Waals surface area contributed by atoms with Crippen molar-refractivity contribution in [2.75, 3.05) is 0 Å². The fourth-order valence-corrected chi connectivity index (χ4v) is 2.72. The molecular formula is C19H18F3N5O. The van der Waals surface area contributed by atoms with Crippen molar-refractivity contribution in [1.29, 1.82) is 0 Å². The van der Waals surface area contributed by atoms with Crippen LogP contribution < -0.4 is 5.32 Å². The molecule has 0 saturated carbocycles. The van der Waals surface area contributed by atoms with E-state index in [-0.39, 0.29) is 24.2 Å². The molecule has 0 atom stereocenters. The average molecular weight is 389 g/mol. The normalized spacial score (nSPS) is 11.6. The summed E-state index contributed by atoms with van der Waals surface area (Å²) >= 11 is 0. The number of rotatable bonds is 5. The minimum atomic E-state index is -4.47. The van der Waals surface area contributed by atoms with Gasteiger partial charge in [-0.2, -0.15) is 18.3 Å². The summed E-state index contributed by atoms with van der Waals surface area (Å²) in [6, 6.07) is 7.57. The third-order valence-corrected chi connectivity index (χ3v) is 4.05. The lowest BCUT2D eigenvalue weighted by Crippen LogP contribution is -2.24. The highest BCUT2D eigenvalue weighted by molar-refractivity contribution is 5.95. The number of amides is 1. The summed E-state index contributed by atoms with van der Waals surface area (Å²) in [6.45, 7) is 3.99. The summed E-state index contributed by atoms with van der Waals surface area (Å²) in [4.78, 5) is 20.6. The maximum Gasteiger partial charge on any atom is 0.417 e. The molecule has 1 amide bonds. The number of halogens is 3. The first-order chi connectivity index (χ1) is 13.3. The lowest BCUT2D eigenvalue weighted by molar-refractivity contribution is -0.137. The molecule has 0 bridgehead atoms. The Bertz CT molecular complexity index is 950. The van der Waals surface area contributed by atoms with Crippen molar-refractivity contribution in [2.45, 2.75) is 32.5 Å². The molecule has 0 spiro atoms. The van der Waals surface area contributed by atoms with Crippen LogP contribution in [0, 0.1) is 0 Å². The first-order valence-corrected chi connectivity index (χ1v) is 8.57. The summed E-state index contributed by atoms with van der Waals surface area (Å²) < 4.78 is 39.6. The van der Waals surface area contributed by atoms with Gasteiger partial charge in [-0.3, -0.25) is 9.78 Å². The van der Waals surface area contributed by atoms with Gasteiger partial charge in [0.25, 0.3) is 5.91 Å². The van der Waals surface area contributed by atoms with Crippen molar-refractivity contribution >= 4 is 5.91 Å². The second-order valence-corrected chi connectivity index (χ2v) is 6.42. The van der Waals surface area contributed by atoms with Gasteiger partial charge in [-0.15, -0.1) is 0 Å². The maximum atomic E-state index is 12.7. The van der Waals surface area contributed by atoms with Gasteiger partial charge in [0, 0.05) is 12.4 Å². The van der Waals surface area contributed by atoms with E-state index in [1.54, 1.807) is 18.3 Å². The summed E-state index contributed by atoms with van der Waals surface area (Å²) in [5.41, 5.74) is 0.764. The molecular weight excluding hydrogens is 371 g/mol. The van der Waals surface area contributed by atoms with Gasteiger partial charge in [0.1, 0.15) is 0 Å². The zero-order valence-corrected chi connectivity index (χ0v) is 15.2. The number of nitrogens with one attached hydrogen (secondary N) is 1. The van der Waals surface area contributed by atoms with Gasteiger partial charge in [-0.1, -0.05) is 19.9 Å². The highest BCUT2D eigenvalue weighted by Gasteiger charge is 2.31. The lowest BCUT2D eigenvalue weighted by Gasteiger charge is -2.13. The van der Waals surface area contributed by atoms with E-state index in [1.807, 2.05) is 19.9 Å². The molecule has 6 nitrogen and oxygen atoms in total. The molecule has 3 rings (SSSR count). The first kappa shape index (κ1) is 19.5. The van der Waals surface area contributed by atoms with Crippen LogP contribution in [-0.4, -0.2) is 25.7 Å². The van der Waals surface area contributed by atoms with E-state index in [1.165, 1.54) is 16.9 Å². The van der Waals surface area contributed by atoms with Crippen LogP contribution in [0.2, 0.25) is 0 Å². The van der Waals surface area contributed by atoms with Crippen LogP contribution in [0.5, 0.6) is 0 Å². The fourth-order valence-electron chi connectivity index (χ4n) is 2.72. The fraction of sp³-hybridized carbons (Fsp3) is 0.263. The summed E-state index contributed by atoms with van der Waals surface area (Å²) in [7, 11) is 0. The number of hydrogen-bond donors (Lipinski definition) is 1. The Hall–Kier alpha value is -3.23. The summed E-state index contributed by atoms with van der Waals surface area (Å²) in [5.74, 6) is -0.241. The molecule has 3 aromatic heterocycles. The minimum Gasteiger partial charge on any atom is -0.346 e. The molecule has 0 saturated heterocycles. The highest BCUT2D eigenvalue weighted by Crippen LogP contribution is 2.29. The third kappa shape index (κ3) is 4.19. The van der Waals surface area contributed by atoms with E-state index in [2.05, 4.69) is 20.4 Å². The minimum absolute atomic E-state index is 0.109. The molecule has 3 heterocycles. The molecule has 0 radical (unpaired) electrons. The van der Waals surface area contributed by atoms with Gasteiger partial charge in [-0.05, 0) is 30.2 Å². The monoisotopic (exact) mass is 389 g/mol. The Balaban J connectivity index is 1.86. The average Bonchev–Trinajstić information content (AvgIpc) is 3.12. The number of pyridine rings is 2. The molecule has 28 heavy (non-hydrogen) atoms. The molecule has 3 aromatic rings. The molecule has 0 aliphatic rings. The molecule has 0 aliphatic carbocycles. The lowest BCUT2D eigenvalue weighted by atomic mass is 10.1. The predicted octanol–water partition coefficient (Wildman–Crippen LogP) is 3.73. The smallest absolute Gasteiger partial charge is 0.346 e. The topological polar surface area (TPSA) is 72.7 Å². The van der Waals surface area contributed by atoms with Crippen molar-refractivity contribution in [3.63, 3.8) is 0 Å². The van der Waals surface area contributed by atoms with Crippen molar-refractivity contribution in [3.05, 3.63) is 71.4 Å². The van der Waals surface area contributed by atoms with Crippen LogP contribution in [0.15, 0.2) is 48.9 Å². The van der Waals surface area contributed by atoms with Gasteiger partial charge in [-0.25, -0.2) is 9.67 Å². The second-order valence-electron chi connectivity index (χ2n) is 6.42. The first-order valence-electron chi connectivity index (χ1n) is 8.57. The van der Waals surface area contributed by atoms with Gasteiger partial charge in [0.15, 0.2) is 5.82 Å². The molecule has 1 N–H and O–H groups in total. The van der Waals surface area contributed by atoms with Crippen LogP contribution in [0.3, 0.4) is 0 Å². The molecule has 9 heteroatoms. The predicted molar refractivity (Wildman–Crippen MR) is 95.9 cm³/mol. The van der Waals surface area contributed by atoms with Crippen molar-refractivity contribution < 1.29 is 18.0 Å². The Morgan fingerprint density at radius 2 is 1.93 bits per heavy atom. The maximum absolute atomic E-state index is 12.7. The van der Waals surface area contributed by atoms with Gasteiger partial charge in [0.2, 0.25) is 0 Å². The third-order valence-electron chi connectivity index (χ3n) is 4.05. The number of alkyl halides is 3. The van der Waals surface area contributed by atoms with Crippen LogP contribution >= 0.6 is 0 Å². The van der Waals surface area contributed by atoms with E-state index in [0.29, 0.717) is 17.0 Å². The Morgan fingerprint density at radius 3 is 2.50 bits per heavy atom. The van der Waals surface area contributed by atoms with Crippen LogP contribution in [0.1, 0.15) is 47.1 Å². The molecule has 0 unspecified atom stereocenters. The SMILES string of the molecule is CC(C)c1c(C(=O)NCc2ccccn2)cnn1-c1ccc(C(F)(F)F)cn1. The van der Waals surface area contributed by atoms with Crippen LogP contribution in [0.4, 0.5) is 13.2 Å². The van der Waals surface area contributed by atoms with Crippen molar-refractivity contribution in [1.82, 2.24) is 25.1 Å². The van der Waals surface area contributed by atoms with E-state index in [0.717, 1.165) is 12.3 Å². The summed E-state index contributed by atoms with van der Waals surface area (Å²) in [6.07, 6.45) is -0.688. The van der Waals surface area contributed by atoms with Crippen molar-refractivity contribution in [2.24, 2.45) is 0 Å². The van der Waals surface area contributed by atoms with Gasteiger partial charge in [0.05, 0.1) is 35.3 Å². The highest BCUT2D eigenvalue weighted by atomic mass is 19.4. The quantitative estimate of drug-likeness (QED) is 0.722. The van der Waals surface area contributed by atoms with E-state index >= 15 is 0 Å². The Morgan fingerprint density at radius 1 is 1.14 bits per heavy atom. The van der Waals surface area contributed by atoms with Gasteiger partial charge < -0.3 is 5.32 Å². The van der Waals surface area contributed by atoms with E-state index in [9.17, 15) is 18.0 Å². The molecule has 0 fully saturated rings. The van der Waals surface area contributed by atoms with Gasteiger partial charge >= 0.3 is 6.18 Å². The van der Waals surface area contributed by atoms with Crippen molar-refractivity contribution in [3.8, 4) is 5.82 Å². The largest absolute Gasteiger partial charge is 0.417 e. The Labute approximate surface area is 159 Å².